The second-order valence-electron chi connectivity index (χ2n) is 7.67. The Bertz CT molecular complexity index is 1080. The number of ether oxygens (including phenoxy) is 1. The molecule has 1 saturated heterocycles. The third-order valence-corrected chi connectivity index (χ3v) is 5.95. The predicted octanol–water partition coefficient (Wildman–Crippen LogP) is 4.66. The zero-order chi connectivity index (χ0) is 22.7. The summed E-state index contributed by atoms with van der Waals surface area (Å²) < 4.78 is 35.1. The van der Waals surface area contributed by atoms with E-state index in [2.05, 4.69) is 26.3 Å². The smallest absolute Gasteiger partial charge is 0.255 e. The lowest BCUT2D eigenvalue weighted by Gasteiger charge is -2.18. The normalized spacial score (nSPS) is 16.3. The summed E-state index contributed by atoms with van der Waals surface area (Å²) in [6.45, 7) is 2.23. The van der Waals surface area contributed by atoms with Crippen molar-refractivity contribution in [2.75, 3.05) is 31.6 Å². The summed E-state index contributed by atoms with van der Waals surface area (Å²) in [5, 5.41) is 7.11. The average Bonchev–Trinajstić information content (AvgIpc) is 3.33. The zero-order valence-electron chi connectivity index (χ0n) is 17.5. The molecule has 0 radical (unpaired) electrons. The van der Waals surface area contributed by atoms with Gasteiger partial charge >= 0.3 is 0 Å². The number of aromatic nitrogens is 2. The minimum absolute atomic E-state index is 0.344. The molecular formula is C23H23BrF2N4O2. The lowest BCUT2D eigenvalue weighted by atomic mass is 10.1. The molecule has 1 aliphatic heterocycles. The number of likely N-dealkylation sites (tertiary alicyclic amines) is 1. The molecule has 1 aromatic heterocycles. The molecule has 3 aromatic rings. The molecule has 0 aliphatic carbocycles. The molecule has 168 valence electrons. The van der Waals surface area contributed by atoms with E-state index in [1.165, 1.54) is 24.3 Å². The number of carbonyl (C=O) groups is 1. The van der Waals surface area contributed by atoms with E-state index >= 15 is 0 Å². The van der Waals surface area contributed by atoms with E-state index in [-0.39, 0.29) is 5.91 Å². The highest BCUT2D eigenvalue weighted by Gasteiger charge is 2.22. The van der Waals surface area contributed by atoms with E-state index in [4.69, 9.17) is 4.74 Å². The van der Waals surface area contributed by atoms with Crippen LogP contribution in [0.1, 0.15) is 16.8 Å². The Kier molecular flexibility index (Phi) is 6.86. The van der Waals surface area contributed by atoms with Crippen molar-refractivity contribution < 1.29 is 18.3 Å². The summed E-state index contributed by atoms with van der Waals surface area (Å²) in [6.07, 6.45) is 1.49. The quantitative estimate of drug-likeness (QED) is 0.508. The summed E-state index contributed by atoms with van der Waals surface area (Å²) >= 11 is 3.52. The lowest BCUT2D eigenvalue weighted by Crippen LogP contribution is -2.26. The SMILES string of the molecule is Cn1ncc(Br)c1-c1cc(NC(=O)c2ccc(F)cc2)ccc1OCCN1CCC(F)C1. The second-order valence-corrected chi connectivity index (χ2v) is 8.53. The predicted molar refractivity (Wildman–Crippen MR) is 122 cm³/mol. The van der Waals surface area contributed by atoms with Crippen LogP contribution in [-0.2, 0) is 7.05 Å². The number of hydrogen-bond acceptors (Lipinski definition) is 4. The molecule has 32 heavy (non-hydrogen) atoms. The van der Waals surface area contributed by atoms with Crippen LogP contribution in [0.3, 0.4) is 0 Å². The van der Waals surface area contributed by atoms with Crippen LogP contribution < -0.4 is 10.1 Å². The minimum Gasteiger partial charge on any atom is -0.492 e. The Morgan fingerprint density at radius 1 is 1.28 bits per heavy atom. The number of aryl methyl sites for hydroxylation is 1. The van der Waals surface area contributed by atoms with Gasteiger partial charge in [0, 0.05) is 43.5 Å². The number of halogens is 3. The Labute approximate surface area is 193 Å². The van der Waals surface area contributed by atoms with Gasteiger partial charge in [-0.25, -0.2) is 8.78 Å². The van der Waals surface area contributed by atoms with Gasteiger partial charge in [0.1, 0.15) is 24.3 Å². The van der Waals surface area contributed by atoms with Crippen LogP contribution >= 0.6 is 15.9 Å². The number of nitrogens with one attached hydrogen (secondary N) is 1. The van der Waals surface area contributed by atoms with Gasteiger partial charge in [0.25, 0.3) is 5.91 Å². The first-order valence-electron chi connectivity index (χ1n) is 10.3. The standard InChI is InChI=1S/C23H23BrF2N4O2/c1-29-22(20(24)13-27-29)19-12-18(28-23(31)15-2-4-16(25)5-3-15)6-7-21(19)32-11-10-30-9-8-17(26)14-30/h2-7,12-13,17H,8-11,14H2,1H3,(H,28,31). The molecule has 0 spiro atoms. The monoisotopic (exact) mass is 504 g/mol. The van der Waals surface area contributed by atoms with Gasteiger partial charge in [-0.1, -0.05) is 0 Å². The minimum atomic E-state index is -0.764. The van der Waals surface area contributed by atoms with Crippen molar-refractivity contribution in [3.63, 3.8) is 0 Å². The molecule has 1 aliphatic rings. The maximum atomic E-state index is 13.4. The Morgan fingerprint density at radius 2 is 2.06 bits per heavy atom. The summed E-state index contributed by atoms with van der Waals surface area (Å²) in [7, 11) is 1.82. The van der Waals surface area contributed by atoms with Gasteiger partial charge in [-0.05, 0) is 64.8 Å². The summed E-state index contributed by atoms with van der Waals surface area (Å²) in [5.74, 6) is -0.115. The van der Waals surface area contributed by atoms with E-state index < -0.39 is 12.0 Å². The molecule has 4 rings (SSSR count). The topological polar surface area (TPSA) is 59.4 Å². The van der Waals surface area contributed by atoms with Crippen LogP contribution in [-0.4, -0.2) is 53.0 Å². The van der Waals surface area contributed by atoms with Crippen LogP contribution in [0.25, 0.3) is 11.3 Å². The Morgan fingerprint density at radius 3 is 2.72 bits per heavy atom. The van der Waals surface area contributed by atoms with Crippen molar-refractivity contribution in [1.29, 1.82) is 0 Å². The van der Waals surface area contributed by atoms with E-state index in [0.717, 1.165) is 22.3 Å². The molecular weight excluding hydrogens is 482 g/mol. The van der Waals surface area contributed by atoms with Crippen molar-refractivity contribution in [2.24, 2.45) is 7.05 Å². The average molecular weight is 505 g/mol. The largest absolute Gasteiger partial charge is 0.492 e. The molecule has 1 unspecified atom stereocenters. The van der Waals surface area contributed by atoms with Gasteiger partial charge in [0.15, 0.2) is 0 Å². The molecule has 1 N–H and O–H groups in total. The van der Waals surface area contributed by atoms with Crippen molar-refractivity contribution in [3.8, 4) is 17.0 Å². The third-order valence-electron chi connectivity index (χ3n) is 5.37. The van der Waals surface area contributed by atoms with E-state index in [1.807, 2.05) is 18.0 Å². The fourth-order valence-electron chi connectivity index (χ4n) is 3.71. The van der Waals surface area contributed by atoms with Crippen LogP contribution in [0.2, 0.25) is 0 Å². The number of amides is 1. The molecule has 1 amide bonds. The number of benzene rings is 2. The van der Waals surface area contributed by atoms with E-state index in [1.54, 1.807) is 23.0 Å². The second kappa shape index (κ2) is 9.79. The van der Waals surface area contributed by atoms with Crippen LogP contribution in [0.4, 0.5) is 14.5 Å². The van der Waals surface area contributed by atoms with E-state index in [9.17, 15) is 13.6 Å². The van der Waals surface area contributed by atoms with Crippen LogP contribution in [0, 0.1) is 5.82 Å². The van der Waals surface area contributed by atoms with Crippen molar-refractivity contribution >= 4 is 27.5 Å². The highest BCUT2D eigenvalue weighted by Crippen LogP contribution is 2.37. The van der Waals surface area contributed by atoms with Gasteiger partial charge in [-0.15, -0.1) is 0 Å². The highest BCUT2D eigenvalue weighted by atomic mass is 79.9. The zero-order valence-corrected chi connectivity index (χ0v) is 19.1. The number of rotatable bonds is 7. The first-order chi connectivity index (χ1) is 15.4. The lowest BCUT2D eigenvalue weighted by molar-refractivity contribution is 0.102. The molecule has 1 atom stereocenters. The number of anilines is 1. The van der Waals surface area contributed by atoms with Crippen LogP contribution in [0.15, 0.2) is 53.1 Å². The van der Waals surface area contributed by atoms with Crippen molar-refractivity contribution in [2.45, 2.75) is 12.6 Å². The van der Waals surface area contributed by atoms with Crippen molar-refractivity contribution in [1.82, 2.24) is 14.7 Å². The Balaban J connectivity index is 1.55. The fourth-order valence-corrected chi connectivity index (χ4v) is 4.27. The fraction of sp³-hybridized carbons (Fsp3) is 0.304. The molecule has 2 aromatic carbocycles. The van der Waals surface area contributed by atoms with Gasteiger partial charge in [-0.3, -0.25) is 14.4 Å². The highest BCUT2D eigenvalue weighted by molar-refractivity contribution is 9.10. The molecule has 2 heterocycles. The third kappa shape index (κ3) is 5.16. The van der Waals surface area contributed by atoms with Gasteiger partial charge < -0.3 is 10.1 Å². The maximum absolute atomic E-state index is 13.4. The summed E-state index contributed by atoms with van der Waals surface area (Å²) in [5.41, 5.74) is 2.46. The van der Waals surface area contributed by atoms with Crippen molar-refractivity contribution in [3.05, 3.63) is 64.5 Å². The Hall–Kier alpha value is -2.78. The molecule has 1 fully saturated rings. The number of nitrogens with zero attached hydrogens (tertiary/aromatic N) is 3. The van der Waals surface area contributed by atoms with Gasteiger partial charge in [-0.2, -0.15) is 5.10 Å². The van der Waals surface area contributed by atoms with Gasteiger partial charge in [0.2, 0.25) is 0 Å². The number of carbonyl (C=O) groups excluding carboxylic acids is 1. The van der Waals surface area contributed by atoms with Gasteiger partial charge in [0.05, 0.1) is 16.4 Å². The molecule has 0 saturated carbocycles. The first kappa shape index (κ1) is 22.4. The van der Waals surface area contributed by atoms with E-state index in [0.29, 0.717) is 43.1 Å². The molecule has 9 heteroatoms. The molecule has 0 bridgehead atoms. The number of hydrogen-bond donors (Lipinski definition) is 1. The maximum Gasteiger partial charge on any atom is 0.255 e. The summed E-state index contributed by atoms with van der Waals surface area (Å²) in [6, 6.07) is 10.7. The van der Waals surface area contributed by atoms with Crippen LogP contribution in [0.5, 0.6) is 5.75 Å². The molecule has 6 nitrogen and oxygen atoms in total. The summed E-state index contributed by atoms with van der Waals surface area (Å²) in [4.78, 5) is 14.6. The number of alkyl halides is 1. The first-order valence-corrected chi connectivity index (χ1v) is 11.1.